The first-order chi connectivity index (χ1) is 7.56. The molecule has 2 rings (SSSR count). The Morgan fingerprint density at radius 2 is 2.38 bits per heavy atom. The standard InChI is InChI=1S/C11H20N4O/c1-11(2,16)7-15-6-4-3-5-9(15)10-12-8-13-14-10/h8-9,16H,3-7H2,1-2H3,(H,12,13,14). The molecular weight excluding hydrogens is 204 g/mol. The summed E-state index contributed by atoms with van der Waals surface area (Å²) < 4.78 is 0. The second kappa shape index (κ2) is 4.51. The van der Waals surface area contributed by atoms with Crippen LogP contribution in [0.4, 0.5) is 0 Å². The molecule has 1 aromatic heterocycles. The number of nitrogens with one attached hydrogen (secondary N) is 1. The van der Waals surface area contributed by atoms with Crippen LogP contribution in [0.15, 0.2) is 6.33 Å². The number of piperidine rings is 1. The molecule has 1 aromatic rings. The highest BCUT2D eigenvalue weighted by Crippen LogP contribution is 2.29. The van der Waals surface area contributed by atoms with Crippen LogP contribution in [0, 0.1) is 0 Å². The van der Waals surface area contributed by atoms with Crippen LogP contribution in [0.1, 0.15) is 45.0 Å². The molecule has 0 radical (unpaired) electrons. The number of aromatic amines is 1. The Balaban J connectivity index is 2.08. The van der Waals surface area contributed by atoms with Gasteiger partial charge in [-0.1, -0.05) is 6.42 Å². The molecule has 2 heterocycles. The third-order valence-electron chi connectivity index (χ3n) is 2.95. The average molecular weight is 224 g/mol. The number of hydrogen-bond donors (Lipinski definition) is 2. The Kier molecular flexibility index (Phi) is 3.25. The lowest BCUT2D eigenvalue weighted by Gasteiger charge is -2.37. The maximum absolute atomic E-state index is 9.90. The van der Waals surface area contributed by atoms with Crippen molar-refractivity contribution in [1.82, 2.24) is 20.1 Å². The lowest BCUT2D eigenvalue weighted by atomic mass is 9.99. The van der Waals surface area contributed by atoms with Gasteiger partial charge in [-0.2, -0.15) is 5.10 Å². The number of hydrogen-bond acceptors (Lipinski definition) is 4. The predicted octanol–water partition coefficient (Wildman–Crippen LogP) is 1.10. The summed E-state index contributed by atoms with van der Waals surface area (Å²) in [5.74, 6) is 0.920. The smallest absolute Gasteiger partial charge is 0.141 e. The number of nitrogens with zero attached hydrogens (tertiary/aromatic N) is 3. The van der Waals surface area contributed by atoms with Gasteiger partial charge in [-0.15, -0.1) is 0 Å². The largest absolute Gasteiger partial charge is 0.389 e. The maximum Gasteiger partial charge on any atom is 0.141 e. The molecule has 0 spiro atoms. The Labute approximate surface area is 95.9 Å². The fraction of sp³-hybridized carbons (Fsp3) is 0.818. The van der Waals surface area contributed by atoms with Gasteiger partial charge in [0.05, 0.1) is 11.6 Å². The van der Waals surface area contributed by atoms with Crippen molar-refractivity contribution in [2.75, 3.05) is 13.1 Å². The van der Waals surface area contributed by atoms with E-state index in [0.717, 1.165) is 18.8 Å². The molecule has 0 bridgehead atoms. The predicted molar refractivity (Wildman–Crippen MR) is 60.8 cm³/mol. The molecule has 5 nitrogen and oxygen atoms in total. The summed E-state index contributed by atoms with van der Waals surface area (Å²) >= 11 is 0. The molecule has 0 amide bonds. The molecule has 0 saturated carbocycles. The van der Waals surface area contributed by atoms with Crippen LogP contribution in [0.5, 0.6) is 0 Å². The number of aromatic nitrogens is 3. The molecular formula is C11H20N4O. The number of aliphatic hydroxyl groups is 1. The van der Waals surface area contributed by atoms with E-state index in [2.05, 4.69) is 20.1 Å². The van der Waals surface area contributed by atoms with Gasteiger partial charge in [0.25, 0.3) is 0 Å². The van der Waals surface area contributed by atoms with Gasteiger partial charge in [-0.05, 0) is 33.2 Å². The molecule has 2 N–H and O–H groups in total. The maximum atomic E-state index is 9.90. The Hall–Kier alpha value is -0.940. The SMILES string of the molecule is CC(C)(O)CN1CCCCC1c1ncn[nH]1. The van der Waals surface area contributed by atoms with E-state index in [4.69, 9.17) is 0 Å². The summed E-state index contributed by atoms with van der Waals surface area (Å²) in [5.41, 5.74) is -0.657. The molecule has 1 unspecified atom stereocenters. The molecule has 1 fully saturated rings. The van der Waals surface area contributed by atoms with Gasteiger partial charge in [-0.3, -0.25) is 10.00 Å². The van der Waals surface area contributed by atoms with Gasteiger partial charge in [0, 0.05) is 6.54 Å². The summed E-state index contributed by atoms with van der Waals surface area (Å²) in [5, 5.41) is 16.7. The van der Waals surface area contributed by atoms with Crippen LogP contribution in [0.2, 0.25) is 0 Å². The van der Waals surface area contributed by atoms with Crippen LogP contribution in [0.25, 0.3) is 0 Å². The van der Waals surface area contributed by atoms with Gasteiger partial charge in [-0.25, -0.2) is 4.98 Å². The van der Waals surface area contributed by atoms with Crippen molar-refractivity contribution in [2.24, 2.45) is 0 Å². The second-order valence-electron chi connectivity index (χ2n) is 5.17. The highest BCUT2D eigenvalue weighted by molar-refractivity contribution is 4.95. The molecule has 16 heavy (non-hydrogen) atoms. The summed E-state index contributed by atoms with van der Waals surface area (Å²) in [4.78, 5) is 6.53. The molecule has 0 aliphatic carbocycles. The first-order valence-corrected chi connectivity index (χ1v) is 5.88. The third kappa shape index (κ3) is 2.80. The summed E-state index contributed by atoms with van der Waals surface area (Å²) in [6.07, 6.45) is 5.05. The minimum atomic E-state index is -0.657. The van der Waals surface area contributed by atoms with Gasteiger partial charge >= 0.3 is 0 Å². The molecule has 1 aliphatic rings. The lowest BCUT2D eigenvalue weighted by molar-refractivity contribution is 0.00774. The van der Waals surface area contributed by atoms with Gasteiger partial charge in [0.2, 0.25) is 0 Å². The Morgan fingerprint density at radius 1 is 1.56 bits per heavy atom. The fourth-order valence-electron chi connectivity index (χ4n) is 2.36. The zero-order chi connectivity index (χ0) is 11.6. The van der Waals surface area contributed by atoms with E-state index in [-0.39, 0.29) is 6.04 Å². The highest BCUT2D eigenvalue weighted by atomic mass is 16.3. The van der Waals surface area contributed by atoms with Crippen molar-refractivity contribution in [1.29, 1.82) is 0 Å². The molecule has 1 aliphatic heterocycles. The molecule has 1 atom stereocenters. The molecule has 0 aromatic carbocycles. The number of H-pyrrole nitrogens is 1. The topological polar surface area (TPSA) is 65.0 Å². The van der Waals surface area contributed by atoms with Crippen molar-refractivity contribution < 1.29 is 5.11 Å². The van der Waals surface area contributed by atoms with E-state index >= 15 is 0 Å². The average Bonchev–Trinajstić information content (AvgIpc) is 2.69. The monoisotopic (exact) mass is 224 g/mol. The quantitative estimate of drug-likeness (QED) is 0.807. The fourth-order valence-corrected chi connectivity index (χ4v) is 2.36. The van der Waals surface area contributed by atoms with Crippen LogP contribution in [-0.4, -0.2) is 43.9 Å². The minimum Gasteiger partial charge on any atom is -0.389 e. The van der Waals surface area contributed by atoms with Gasteiger partial charge in [0.1, 0.15) is 12.2 Å². The van der Waals surface area contributed by atoms with Crippen molar-refractivity contribution in [3.05, 3.63) is 12.2 Å². The van der Waals surface area contributed by atoms with Gasteiger partial charge < -0.3 is 5.11 Å². The summed E-state index contributed by atoms with van der Waals surface area (Å²) in [7, 11) is 0. The molecule has 1 saturated heterocycles. The number of β-amino-alcohol motifs (C(OH)–C–C–N with tert-alkyl or cyclic N) is 1. The summed E-state index contributed by atoms with van der Waals surface area (Å²) in [6.45, 7) is 5.39. The zero-order valence-corrected chi connectivity index (χ0v) is 9.98. The summed E-state index contributed by atoms with van der Waals surface area (Å²) in [6, 6.07) is 0.280. The third-order valence-corrected chi connectivity index (χ3v) is 2.95. The van der Waals surface area contributed by atoms with Crippen LogP contribution in [0.3, 0.4) is 0 Å². The van der Waals surface area contributed by atoms with Crippen molar-refractivity contribution in [3.63, 3.8) is 0 Å². The zero-order valence-electron chi connectivity index (χ0n) is 9.98. The second-order valence-corrected chi connectivity index (χ2v) is 5.17. The van der Waals surface area contributed by atoms with Crippen LogP contribution in [-0.2, 0) is 0 Å². The number of rotatable bonds is 3. The molecule has 90 valence electrons. The van der Waals surface area contributed by atoms with Gasteiger partial charge in [0.15, 0.2) is 0 Å². The molecule has 5 heteroatoms. The highest BCUT2D eigenvalue weighted by Gasteiger charge is 2.29. The van der Waals surface area contributed by atoms with E-state index in [9.17, 15) is 5.11 Å². The first kappa shape index (κ1) is 11.5. The lowest BCUT2D eigenvalue weighted by Crippen LogP contribution is -2.43. The van der Waals surface area contributed by atoms with E-state index < -0.39 is 5.60 Å². The van der Waals surface area contributed by atoms with E-state index in [1.165, 1.54) is 12.8 Å². The number of likely N-dealkylation sites (tertiary alicyclic amines) is 1. The normalized spacial score (nSPS) is 23.6. The van der Waals surface area contributed by atoms with Crippen molar-refractivity contribution in [3.8, 4) is 0 Å². The van der Waals surface area contributed by atoms with E-state index in [0.29, 0.717) is 6.54 Å². The van der Waals surface area contributed by atoms with E-state index in [1.54, 1.807) is 6.33 Å². The Bertz CT molecular complexity index is 317. The van der Waals surface area contributed by atoms with Crippen LogP contribution < -0.4 is 0 Å². The Morgan fingerprint density at radius 3 is 3.00 bits per heavy atom. The van der Waals surface area contributed by atoms with Crippen LogP contribution >= 0.6 is 0 Å². The van der Waals surface area contributed by atoms with Crippen molar-refractivity contribution in [2.45, 2.75) is 44.8 Å². The van der Waals surface area contributed by atoms with E-state index in [1.807, 2.05) is 13.8 Å². The first-order valence-electron chi connectivity index (χ1n) is 5.88. The minimum absolute atomic E-state index is 0.280. The van der Waals surface area contributed by atoms with Crippen molar-refractivity contribution >= 4 is 0 Å².